The molecule has 0 fully saturated rings. The molecule has 4 rings (SSSR count). The van der Waals surface area contributed by atoms with Crippen LogP contribution in [0.3, 0.4) is 0 Å². The fourth-order valence-electron chi connectivity index (χ4n) is 2.95. The number of halogens is 1. The number of benzene rings is 2. The Labute approximate surface area is 114 Å². The molecule has 0 saturated heterocycles. The second kappa shape index (κ2) is 3.72. The largest absolute Gasteiger partial charge is 0.354 e. The third-order valence-electron chi connectivity index (χ3n) is 3.80. The molecule has 0 bridgehead atoms. The van der Waals surface area contributed by atoms with E-state index in [1.54, 1.807) is 0 Å². The molecular weight excluding hydrogens is 286 g/mol. The summed E-state index contributed by atoms with van der Waals surface area (Å²) in [6.07, 6.45) is 2.27. The molecule has 1 aliphatic rings. The number of aryl methyl sites for hydroxylation is 2. The summed E-state index contributed by atoms with van der Waals surface area (Å²) in [7, 11) is 0. The standard InChI is InChI=1S/C16H12BrN/c17-11-6-8-15-14(9-11)13-7-5-10-3-1-2-4-12(10)16(13)18-15/h1-4,6,8-9,18H,5,7H2. The molecule has 1 heterocycles. The maximum Gasteiger partial charge on any atom is 0.0500 e. The topological polar surface area (TPSA) is 15.8 Å². The Morgan fingerprint density at radius 2 is 1.89 bits per heavy atom. The van der Waals surface area contributed by atoms with Crippen LogP contribution >= 0.6 is 15.9 Å². The molecule has 1 aliphatic carbocycles. The molecule has 0 saturated carbocycles. The monoisotopic (exact) mass is 297 g/mol. The van der Waals surface area contributed by atoms with E-state index < -0.39 is 0 Å². The fraction of sp³-hybridized carbons (Fsp3) is 0.125. The number of hydrogen-bond acceptors (Lipinski definition) is 0. The smallest absolute Gasteiger partial charge is 0.0500 e. The van der Waals surface area contributed by atoms with Crippen LogP contribution in [0.4, 0.5) is 0 Å². The molecule has 0 spiro atoms. The van der Waals surface area contributed by atoms with Crippen LogP contribution in [0, 0.1) is 0 Å². The van der Waals surface area contributed by atoms with Crippen molar-refractivity contribution >= 4 is 26.8 Å². The molecule has 2 heteroatoms. The van der Waals surface area contributed by atoms with Crippen molar-refractivity contribution in [3.63, 3.8) is 0 Å². The molecule has 2 aromatic carbocycles. The third-order valence-corrected chi connectivity index (χ3v) is 4.29. The fourth-order valence-corrected chi connectivity index (χ4v) is 3.31. The third kappa shape index (κ3) is 1.39. The first-order valence-electron chi connectivity index (χ1n) is 6.21. The minimum absolute atomic E-state index is 1.13. The van der Waals surface area contributed by atoms with Crippen molar-refractivity contribution in [1.29, 1.82) is 0 Å². The molecule has 0 radical (unpaired) electrons. The van der Waals surface area contributed by atoms with Crippen LogP contribution in [0.1, 0.15) is 11.1 Å². The van der Waals surface area contributed by atoms with E-state index in [0.29, 0.717) is 0 Å². The van der Waals surface area contributed by atoms with Crippen molar-refractivity contribution in [3.8, 4) is 11.3 Å². The molecule has 0 amide bonds. The second-order valence-electron chi connectivity index (χ2n) is 4.83. The molecule has 3 aromatic rings. The van der Waals surface area contributed by atoms with Gasteiger partial charge in [0.1, 0.15) is 0 Å². The van der Waals surface area contributed by atoms with Crippen molar-refractivity contribution in [2.24, 2.45) is 0 Å². The highest BCUT2D eigenvalue weighted by atomic mass is 79.9. The van der Waals surface area contributed by atoms with E-state index >= 15 is 0 Å². The lowest BCUT2D eigenvalue weighted by atomic mass is 9.89. The molecule has 0 unspecified atom stereocenters. The van der Waals surface area contributed by atoms with Crippen LogP contribution in [-0.4, -0.2) is 4.98 Å². The van der Waals surface area contributed by atoms with Crippen molar-refractivity contribution in [2.75, 3.05) is 0 Å². The van der Waals surface area contributed by atoms with Gasteiger partial charge in [0.2, 0.25) is 0 Å². The van der Waals surface area contributed by atoms with Gasteiger partial charge in [-0.15, -0.1) is 0 Å². The van der Waals surface area contributed by atoms with Crippen LogP contribution in [0.15, 0.2) is 46.9 Å². The van der Waals surface area contributed by atoms with Crippen LogP contribution in [0.5, 0.6) is 0 Å². The highest BCUT2D eigenvalue weighted by Crippen LogP contribution is 2.37. The van der Waals surface area contributed by atoms with Gasteiger partial charge in [-0.25, -0.2) is 0 Å². The van der Waals surface area contributed by atoms with Gasteiger partial charge in [-0.05, 0) is 42.2 Å². The van der Waals surface area contributed by atoms with Crippen LogP contribution in [0.25, 0.3) is 22.2 Å². The summed E-state index contributed by atoms with van der Waals surface area (Å²) >= 11 is 3.56. The van der Waals surface area contributed by atoms with E-state index in [0.717, 1.165) is 17.3 Å². The zero-order valence-electron chi connectivity index (χ0n) is 9.83. The SMILES string of the molecule is Brc1ccc2[nH]c3c(c2c1)CCc1ccccc1-3. The molecule has 0 aliphatic heterocycles. The summed E-state index contributed by atoms with van der Waals surface area (Å²) in [5.41, 5.74) is 6.83. The predicted octanol–water partition coefficient (Wildman–Crippen LogP) is 4.70. The maximum atomic E-state index is 3.58. The van der Waals surface area contributed by atoms with E-state index in [4.69, 9.17) is 0 Å². The summed E-state index contributed by atoms with van der Waals surface area (Å²) in [6.45, 7) is 0. The predicted molar refractivity (Wildman–Crippen MR) is 78.8 cm³/mol. The van der Waals surface area contributed by atoms with E-state index in [1.165, 1.54) is 33.3 Å². The number of rotatable bonds is 0. The molecule has 18 heavy (non-hydrogen) atoms. The van der Waals surface area contributed by atoms with Gasteiger partial charge < -0.3 is 4.98 Å². The van der Waals surface area contributed by atoms with Gasteiger partial charge in [0, 0.05) is 26.6 Å². The Balaban J connectivity index is 2.08. The highest BCUT2D eigenvalue weighted by Gasteiger charge is 2.19. The van der Waals surface area contributed by atoms with Crippen molar-refractivity contribution in [2.45, 2.75) is 12.8 Å². The number of fused-ring (bicyclic) bond motifs is 5. The first-order chi connectivity index (χ1) is 8.83. The van der Waals surface area contributed by atoms with Gasteiger partial charge in [0.05, 0.1) is 0 Å². The zero-order chi connectivity index (χ0) is 12.1. The zero-order valence-corrected chi connectivity index (χ0v) is 11.4. The number of H-pyrrole nitrogens is 1. The molecule has 1 aromatic heterocycles. The Bertz CT molecular complexity index is 755. The summed E-state index contributed by atoms with van der Waals surface area (Å²) in [5, 5.41) is 1.36. The minimum atomic E-state index is 1.13. The lowest BCUT2D eigenvalue weighted by Gasteiger charge is -2.16. The summed E-state index contributed by atoms with van der Waals surface area (Å²) in [5.74, 6) is 0. The van der Waals surface area contributed by atoms with Gasteiger partial charge in [-0.2, -0.15) is 0 Å². The lowest BCUT2D eigenvalue weighted by Crippen LogP contribution is -2.02. The van der Waals surface area contributed by atoms with Crippen LogP contribution in [-0.2, 0) is 12.8 Å². The highest BCUT2D eigenvalue weighted by molar-refractivity contribution is 9.10. The number of hydrogen-bond donors (Lipinski definition) is 1. The van der Waals surface area contributed by atoms with E-state index in [9.17, 15) is 0 Å². The van der Waals surface area contributed by atoms with E-state index in [2.05, 4.69) is 63.4 Å². The molecule has 1 nitrogen and oxygen atoms in total. The summed E-state index contributed by atoms with van der Waals surface area (Å²) < 4.78 is 1.15. The van der Waals surface area contributed by atoms with Crippen molar-refractivity contribution < 1.29 is 0 Å². The Morgan fingerprint density at radius 1 is 1.00 bits per heavy atom. The summed E-state index contributed by atoms with van der Waals surface area (Å²) in [6, 6.07) is 15.2. The van der Waals surface area contributed by atoms with Gasteiger partial charge >= 0.3 is 0 Å². The Hall–Kier alpha value is -1.54. The second-order valence-corrected chi connectivity index (χ2v) is 5.74. The normalized spacial score (nSPS) is 13.4. The van der Waals surface area contributed by atoms with E-state index in [1.807, 2.05) is 0 Å². The van der Waals surface area contributed by atoms with Crippen LogP contribution < -0.4 is 0 Å². The van der Waals surface area contributed by atoms with Gasteiger partial charge in [-0.1, -0.05) is 40.2 Å². The molecule has 88 valence electrons. The van der Waals surface area contributed by atoms with E-state index in [-0.39, 0.29) is 0 Å². The number of aromatic amines is 1. The maximum absolute atomic E-state index is 3.58. The molecular formula is C16H12BrN. The van der Waals surface area contributed by atoms with Crippen molar-refractivity contribution in [3.05, 3.63) is 58.1 Å². The minimum Gasteiger partial charge on any atom is -0.354 e. The summed E-state index contributed by atoms with van der Waals surface area (Å²) in [4.78, 5) is 3.58. The average molecular weight is 298 g/mol. The van der Waals surface area contributed by atoms with Gasteiger partial charge in [0.15, 0.2) is 0 Å². The first kappa shape index (κ1) is 10.4. The van der Waals surface area contributed by atoms with Crippen LogP contribution in [0.2, 0.25) is 0 Å². The quantitative estimate of drug-likeness (QED) is 0.619. The number of aromatic nitrogens is 1. The Morgan fingerprint density at radius 3 is 2.83 bits per heavy atom. The Kier molecular flexibility index (Phi) is 2.15. The first-order valence-corrected chi connectivity index (χ1v) is 7.00. The van der Waals surface area contributed by atoms with Crippen molar-refractivity contribution in [1.82, 2.24) is 4.98 Å². The number of nitrogens with one attached hydrogen (secondary N) is 1. The molecule has 0 atom stereocenters. The van der Waals surface area contributed by atoms with Gasteiger partial charge in [0.25, 0.3) is 0 Å². The average Bonchev–Trinajstić information content (AvgIpc) is 2.77. The lowest BCUT2D eigenvalue weighted by molar-refractivity contribution is 0.948. The molecule has 1 N–H and O–H groups in total. The van der Waals surface area contributed by atoms with Gasteiger partial charge in [-0.3, -0.25) is 0 Å².